The molecule has 1 aromatic heterocycles. The van der Waals surface area contributed by atoms with Crippen molar-refractivity contribution in [1.29, 1.82) is 0 Å². The van der Waals surface area contributed by atoms with Crippen LogP contribution in [0.15, 0.2) is 6.20 Å². The van der Waals surface area contributed by atoms with Gasteiger partial charge in [0, 0.05) is 22.7 Å². The van der Waals surface area contributed by atoms with Crippen LogP contribution < -0.4 is 0 Å². The van der Waals surface area contributed by atoms with Crippen molar-refractivity contribution in [2.24, 2.45) is 0 Å². The Morgan fingerprint density at radius 2 is 2.24 bits per heavy atom. The van der Waals surface area contributed by atoms with E-state index >= 15 is 0 Å². The van der Waals surface area contributed by atoms with Gasteiger partial charge in [-0.2, -0.15) is 0 Å². The average molecular weight is 312 g/mol. The highest BCUT2D eigenvalue weighted by Crippen LogP contribution is 2.26. The molecule has 0 aliphatic carbocycles. The third-order valence-electron chi connectivity index (χ3n) is 2.11. The highest BCUT2D eigenvalue weighted by molar-refractivity contribution is 9.08. The van der Waals surface area contributed by atoms with Gasteiger partial charge in [0.05, 0.1) is 13.5 Å². The lowest BCUT2D eigenvalue weighted by Gasteiger charge is -2.10. The maximum absolute atomic E-state index is 13.8. The summed E-state index contributed by atoms with van der Waals surface area (Å²) < 4.78 is 43.3. The topological polar surface area (TPSA) is 39.2 Å². The molecule has 0 bridgehead atoms. The Morgan fingerprint density at radius 3 is 2.71 bits per heavy atom. The zero-order chi connectivity index (χ0) is 13.0. The van der Waals surface area contributed by atoms with Gasteiger partial charge in [0.2, 0.25) is 0 Å². The van der Waals surface area contributed by atoms with Crippen LogP contribution in [0.2, 0.25) is 0 Å². The van der Waals surface area contributed by atoms with E-state index in [0.29, 0.717) is 0 Å². The molecule has 1 rings (SSSR count). The summed E-state index contributed by atoms with van der Waals surface area (Å²) in [6.07, 6.45) is -2.48. The van der Waals surface area contributed by atoms with Gasteiger partial charge in [0.1, 0.15) is 11.5 Å². The zero-order valence-electron chi connectivity index (χ0n) is 8.84. The van der Waals surface area contributed by atoms with Gasteiger partial charge in [0.25, 0.3) is 6.43 Å². The first-order valence-corrected chi connectivity index (χ1v) is 5.70. The van der Waals surface area contributed by atoms with E-state index in [1.165, 1.54) is 0 Å². The van der Waals surface area contributed by atoms with E-state index in [2.05, 4.69) is 25.7 Å². The molecule has 3 nitrogen and oxygen atoms in total. The van der Waals surface area contributed by atoms with Crippen LogP contribution in [0.5, 0.6) is 0 Å². The lowest BCUT2D eigenvalue weighted by atomic mass is 10.1. The van der Waals surface area contributed by atoms with Gasteiger partial charge in [-0.05, 0) is 0 Å². The third-order valence-corrected chi connectivity index (χ3v) is 2.72. The Hall–Kier alpha value is -1.11. The first-order chi connectivity index (χ1) is 8.01. The summed E-state index contributed by atoms with van der Waals surface area (Å²) in [5.41, 5.74) is -1.02. The number of carbonyl (C=O) groups excluding carboxylic acids is 1. The van der Waals surface area contributed by atoms with Crippen molar-refractivity contribution in [3.05, 3.63) is 28.8 Å². The standard InChI is InChI=1S/C10H9BrF3NO2/c1-17-7(16)2-6-8(12)5(3-11)4-15-9(6)10(13)14/h4,10H,2-3H2,1H3. The molecule has 0 N–H and O–H groups in total. The van der Waals surface area contributed by atoms with Gasteiger partial charge in [0.15, 0.2) is 0 Å². The SMILES string of the molecule is COC(=O)Cc1c(C(F)F)ncc(CBr)c1F. The largest absolute Gasteiger partial charge is 0.469 e. The smallest absolute Gasteiger partial charge is 0.310 e. The molecule has 0 saturated carbocycles. The zero-order valence-corrected chi connectivity index (χ0v) is 10.4. The van der Waals surface area contributed by atoms with Crippen molar-refractivity contribution >= 4 is 21.9 Å². The second-order valence-corrected chi connectivity index (χ2v) is 3.71. The van der Waals surface area contributed by atoms with Crippen molar-refractivity contribution in [3.63, 3.8) is 0 Å². The number of esters is 1. The van der Waals surface area contributed by atoms with Crippen molar-refractivity contribution in [2.75, 3.05) is 7.11 Å². The molecule has 1 heterocycles. The van der Waals surface area contributed by atoms with Crippen LogP contribution >= 0.6 is 15.9 Å². The minimum absolute atomic E-state index is 0.119. The Labute approximate surface area is 104 Å². The monoisotopic (exact) mass is 311 g/mol. The van der Waals surface area contributed by atoms with Gasteiger partial charge in [-0.3, -0.25) is 9.78 Å². The first-order valence-electron chi connectivity index (χ1n) is 4.58. The second-order valence-electron chi connectivity index (χ2n) is 3.15. The van der Waals surface area contributed by atoms with Crippen LogP contribution in [0.1, 0.15) is 23.2 Å². The van der Waals surface area contributed by atoms with E-state index in [1.807, 2.05) is 0 Å². The van der Waals surface area contributed by atoms with Crippen LogP contribution in [0.25, 0.3) is 0 Å². The summed E-state index contributed by atoms with van der Waals surface area (Å²) in [5, 5.41) is 0.128. The molecule has 94 valence electrons. The summed E-state index contributed by atoms with van der Waals surface area (Å²) in [6, 6.07) is 0. The molecule has 0 aliphatic rings. The fourth-order valence-corrected chi connectivity index (χ4v) is 1.65. The predicted octanol–water partition coefficient (Wildman–Crippen LogP) is 2.77. The van der Waals surface area contributed by atoms with Gasteiger partial charge in [-0.15, -0.1) is 0 Å². The van der Waals surface area contributed by atoms with E-state index < -0.39 is 35.9 Å². The molecule has 0 radical (unpaired) electrons. The third kappa shape index (κ3) is 3.18. The Kier molecular flexibility index (Phi) is 4.92. The van der Waals surface area contributed by atoms with Gasteiger partial charge in [-0.1, -0.05) is 15.9 Å². The van der Waals surface area contributed by atoms with Crippen molar-refractivity contribution < 1.29 is 22.7 Å². The minimum atomic E-state index is -2.94. The van der Waals surface area contributed by atoms with Crippen LogP contribution in [-0.4, -0.2) is 18.1 Å². The van der Waals surface area contributed by atoms with Crippen molar-refractivity contribution in [3.8, 4) is 0 Å². The summed E-state index contributed by atoms with van der Waals surface area (Å²) >= 11 is 3.00. The average Bonchev–Trinajstić information content (AvgIpc) is 2.30. The number of ether oxygens (including phenoxy) is 1. The van der Waals surface area contributed by atoms with Gasteiger partial charge in [-0.25, -0.2) is 13.2 Å². The maximum Gasteiger partial charge on any atom is 0.310 e. The van der Waals surface area contributed by atoms with Crippen LogP contribution in [0, 0.1) is 5.82 Å². The molecule has 0 amide bonds. The number of hydrogen-bond donors (Lipinski definition) is 0. The maximum atomic E-state index is 13.8. The lowest BCUT2D eigenvalue weighted by molar-refractivity contribution is -0.139. The normalized spacial score (nSPS) is 10.7. The number of methoxy groups -OCH3 is 1. The van der Waals surface area contributed by atoms with Crippen molar-refractivity contribution in [2.45, 2.75) is 18.2 Å². The molecule has 0 unspecified atom stereocenters. The van der Waals surface area contributed by atoms with Gasteiger partial charge >= 0.3 is 5.97 Å². The van der Waals surface area contributed by atoms with Crippen molar-refractivity contribution in [1.82, 2.24) is 4.98 Å². The number of carbonyl (C=O) groups is 1. The molecule has 1 aromatic rings. The highest BCUT2D eigenvalue weighted by Gasteiger charge is 2.22. The first kappa shape index (κ1) is 14.0. The molecule has 0 saturated heterocycles. The number of alkyl halides is 3. The fourth-order valence-electron chi connectivity index (χ4n) is 1.25. The molecule has 0 aliphatic heterocycles. The summed E-state index contributed by atoms with van der Waals surface area (Å²) in [6.45, 7) is 0. The number of nitrogens with zero attached hydrogens (tertiary/aromatic N) is 1. The number of rotatable bonds is 4. The van der Waals surface area contributed by atoms with E-state index in [4.69, 9.17) is 0 Å². The predicted molar refractivity (Wildman–Crippen MR) is 57.5 cm³/mol. The molecule has 0 atom stereocenters. The molecular formula is C10H9BrF3NO2. The molecule has 0 fully saturated rings. The van der Waals surface area contributed by atoms with Gasteiger partial charge < -0.3 is 4.74 Å². The highest BCUT2D eigenvalue weighted by atomic mass is 79.9. The molecule has 17 heavy (non-hydrogen) atoms. The van der Waals surface area contributed by atoms with Crippen LogP contribution in [-0.2, 0) is 21.3 Å². The number of pyridine rings is 1. The Morgan fingerprint density at radius 1 is 1.59 bits per heavy atom. The fraction of sp³-hybridized carbons (Fsp3) is 0.400. The quantitative estimate of drug-likeness (QED) is 0.634. The summed E-state index contributed by atoms with van der Waals surface area (Å²) in [4.78, 5) is 14.5. The molecular weight excluding hydrogens is 303 g/mol. The lowest BCUT2D eigenvalue weighted by Crippen LogP contribution is -2.12. The minimum Gasteiger partial charge on any atom is -0.469 e. The summed E-state index contributed by atoms with van der Waals surface area (Å²) in [5.74, 6) is -1.64. The molecule has 0 aromatic carbocycles. The molecule has 7 heteroatoms. The van der Waals surface area contributed by atoms with E-state index in [1.54, 1.807) is 0 Å². The number of aromatic nitrogens is 1. The van der Waals surface area contributed by atoms with E-state index in [-0.39, 0.29) is 10.9 Å². The summed E-state index contributed by atoms with van der Waals surface area (Å²) in [7, 11) is 1.10. The second kappa shape index (κ2) is 6.00. The van der Waals surface area contributed by atoms with Crippen LogP contribution in [0.4, 0.5) is 13.2 Å². The number of hydrogen-bond acceptors (Lipinski definition) is 3. The Bertz CT molecular complexity index is 426. The Balaban J connectivity index is 3.24. The van der Waals surface area contributed by atoms with E-state index in [0.717, 1.165) is 13.3 Å². The van der Waals surface area contributed by atoms with Crippen LogP contribution in [0.3, 0.4) is 0 Å². The van der Waals surface area contributed by atoms with E-state index in [9.17, 15) is 18.0 Å². The number of halogens is 4. The molecule has 0 spiro atoms.